The first-order chi connectivity index (χ1) is 8.58. The lowest BCUT2D eigenvalue weighted by Gasteiger charge is -2.41. The lowest BCUT2D eigenvalue weighted by Crippen LogP contribution is -2.51. The summed E-state index contributed by atoms with van der Waals surface area (Å²) in [5, 5.41) is 3.71. The lowest BCUT2D eigenvalue weighted by molar-refractivity contribution is 0.0847. The van der Waals surface area contributed by atoms with Crippen molar-refractivity contribution in [2.24, 2.45) is 5.92 Å². The number of hydrogen-bond acceptors (Lipinski definition) is 3. The molecular formula is C15H31N3. The highest BCUT2D eigenvalue weighted by Gasteiger charge is 2.29. The Kier molecular flexibility index (Phi) is 5.05. The van der Waals surface area contributed by atoms with Crippen molar-refractivity contribution in [3.63, 3.8) is 0 Å². The molecule has 1 aliphatic carbocycles. The summed E-state index contributed by atoms with van der Waals surface area (Å²) in [5.41, 5.74) is 0. The summed E-state index contributed by atoms with van der Waals surface area (Å²) < 4.78 is 0. The fourth-order valence-electron chi connectivity index (χ4n) is 3.10. The van der Waals surface area contributed by atoms with Gasteiger partial charge in [0.25, 0.3) is 0 Å². The second kappa shape index (κ2) is 6.36. The second-order valence-corrected chi connectivity index (χ2v) is 6.69. The molecule has 1 N–H and O–H groups in total. The molecule has 1 unspecified atom stereocenters. The Morgan fingerprint density at radius 2 is 1.78 bits per heavy atom. The van der Waals surface area contributed by atoms with Gasteiger partial charge in [0.1, 0.15) is 0 Å². The molecule has 3 heteroatoms. The fraction of sp³-hybridized carbons (Fsp3) is 1.00. The second-order valence-electron chi connectivity index (χ2n) is 6.69. The Labute approximate surface area is 113 Å². The highest BCUT2D eigenvalue weighted by molar-refractivity contribution is 4.87. The molecule has 1 saturated heterocycles. The molecule has 106 valence electrons. The molecule has 1 saturated carbocycles. The fourth-order valence-corrected chi connectivity index (χ4v) is 3.10. The van der Waals surface area contributed by atoms with E-state index in [0.29, 0.717) is 6.04 Å². The van der Waals surface area contributed by atoms with E-state index in [1.54, 1.807) is 0 Å². The summed E-state index contributed by atoms with van der Waals surface area (Å²) in [6.45, 7) is 8.42. The molecule has 2 aliphatic rings. The zero-order valence-electron chi connectivity index (χ0n) is 12.7. The first kappa shape index (κ1) is 14.3. The maximum absolute atomic E-state index is 3.71. The molecular weight excluding hydrogens is 222 g/mol. The van der Waals surface area contributed by atoms with Crippen molar-refractivity contribution in [1.82, 2.24) is 15.1 Å². The van der Waals surface area contributed by atoms with Gasteiger partial charge in [-0.15, -0.1) is 0 Å². The van der Waals surface area contributed by atoms with Gasteiger partial charge in [0.2, 0.25) is 0 Å². The highest BCUT2D eigenvalue weighted by atomic mass is 15.2. The van der Waals surface area contributed by atoms with E-state index < -0.39 is 0 Å². The topological polar surface area (TPSA) is 18.5 Å². The average molecular weight is 253 g/mol. The van der Waals surface area contributed by atoms with Crippen LogP contribution < -0.4 is 5.32 Å². The number of nitrogens with zero attached hydrogens (tertiary/aromatic N) is 2. The van der Waals surface area contributed by atoms with E-state index in [0.717, 1.165) is 18.0 Å². The van der Waals surface area contributed by atoms with E-state index in [4.69, 9.17) is 0 Å². The molecule has 1 heterocycles. The number of likely N-dealkylation sites (tertiary alicyclic amines) is 1. The Morgan fingerprint density at radius 1 is 1.17 bits per heavy atom. The molecule has 1 aliphatic heterocycles. The van der Waals surface area contributed by atoms with Crippen molar-refractivity contribution in [1.29, 1.82) is 0 Å². The zero-order chi connectivity index (χ0) is 13.1. The number of hydrogen-bond donors (Lipinski definition) is 1. The minimum Gasteiger partial charge on any atom is -0.312 e. The maximum atomic E-state index is 3.71. The Hall–Kier alpha value is -0.120. The first-order valence-electron chi connectivity index (χ1n) is 7.71. The van der Waals surface area contributed by atoms with Gasteiger partial charge in [0, 0.05) is 24.7 Å². The number of rotatable bonds is 6. The van der Waals surface area contributed by atoms with E-state index in [1.165, 1.54) is 45.3 Å². The molecule has 0 aromatic heterocycles. The SMILES string of the molecule is CC(C)C(CNC1CC1)N(C)C1CCN(C)CC1. The summed E-state index contributed by atoms with van der Waals surface area (Å²) in [6.07, 6.45) is 5.45. The van der Waals surface area contributed by atoms with Gasteiger partial charge in [0.15, 0.2) is 0 Å². The van der Waals surface area contributed by atoms with Crippen molar-refractivity contribution < 1.29 is 0 Å². The van der Waals surface area contributed by atoms with Crippen LogP contribution in [0.4, 0.5) is 0 Å². The summed E-state index contributed by atoms with van der Waals surface area (Å²) in [5.74, 6) is 0.737. The average Bonchev–Trinajstić information content (AvgIpc) is 3.13. The summed E-state index contributed by atoms with van der Waals surface area (Å²) in [7, 11) is 4.58. The highest BCUT2D eigenvalue weighted by Crippen LogP contribution is 2.22. The molecule has 0 amide bonds. The van der Waals surface area contributed by atoms with Gasteiger partial charge in [-0.3, -0.25) is 4.90 Å². The molecule has 0 spiro atoms. The minimum atomic E-state index is 0.694. The number of nitrogens with one attached hydrogen (secondary N) is 1. The first-order valence-corrected chi connectivity index (χ1v) is 7.71. The van der Waals surface area contributed by atoms with Crippen molar-refractivity contribution in [2.45, 2.75) is 57.7 Å². The van der Waals surface area contributed by atoms with Gasteiger partial charge in [-0.1, -0.05) is 13.8 Å². The van der Waals surface area contributed by atoms with Gasteiger partial charge >= 0.3 is 0 Å². The number of likely N-dealkylation sites (N-methyl/N-ethyl adjacent to an activating group) is 1. The van der Waals surface area contributed by atoms with E-state index in [1.807, 2.05) is 0 Å². The quantitative estimate of drug-likeness (QED) is 0.778. The maximum Gasteiger partial charge on any atom is 0.0243 e. The molecule has 0 radical (unpaired) electrons. The molecule has 0 aromatic rings. The molecule has 0 bridgehead atoms. The largest absolute Gasteiger partial charge is 0.312 e. The van der Waals surface area contributed by atoms with Crippen molar-refractivity contribution >= 4 is 0 Å². The van der Waals surface area contributed by atoms with Crippen LogP contribution in [0.15, 0.2) is 0 Å². The van der Waals surface area contributed by atoms with Crippen LogP contribution in [-0.2, 0) is 0 Å². The van der Waals surface area contributed by atoms with Gasteiger partial charge in [-0.25, -0.2) is 0 Å². The minimum absolute atomic E-state index is 0.694. The summed E-state index contributed by atoms with van der Waals surface area (Å²) in [6, 6.07) is 2.31. The van der Waals surface area contributed by atoms with Crippen LogP contribution in [-0.4, -0.2) is 61.7 Å². The van der Waals surface area contributed by atoms with E-state index in [-0.39, 0.29) is 0 Å². The molecule has 1 atom stereocenters. The van der Waals surface area contributed by atoms with Crippen LogP contribution in [0.1, 0.15) is 39.5 Å². The monoisotopic (exact) mass is 253 g/mol. The van der Waals surface area contributed by atoms with Gasteiger partial charge in [-0.05, 0) is 58.8 Å². The summed E-state index contributed by atoms with van der Waals surface area (Å²) >= 11 is 0. The third kappa shape index (κ3) is 3.94. The molecule has 2 fully saturated rings. The van der Waals surface area contributed by atoms with E-state index in [9.17, 15) is 0 Å². The van der Waals surface area contributed by atoms with Crippen LogP contribution in [0, 0.1) is 5.92 Å². The predicted octanol–water partition coefficient (Wildman–Crippen LogP) is 1.79. The standard InChI is InChI=1S/C15H31N3/c1-12(2)15(11-16-13-5-6-13)18(4)14-7-9-17(3)10-8-14/h12-16H,5-11H2,1-4H3. The van der Waals surface area contributed by atoms with Crippen molar-refractivity contribution in [3.05, 3.63) is 0 Å². The van der Waals surface area contributed by atoms with Gasteiger partial charge < -0.3 is 10.2 Å². The smallest absolute Gasteiger partial charge is 0.0243 e. The zero-order valence-corrected chi connectivity index (χ0v) is 12.7. The number of piperidine rings is 1. The molecule has 3 nitrogen and oxygen atoms in total. The van der Waals surface area contributed by atoms with E-state index >= 15 is 0 Å². The van der Waals surface area contributed by atoms with Crippen LogP contribution >= 0.6 is 0 Å². The third-order valence-electron chi connectivity index (χ3n) is 4.75. The van der Waals surface area contributed by atoms with Crippen LogP contribution in [0.25, 0.3) is 0 Å². The third-order valence-corrected chi connectivity index (χ3v) is 4.75. The van der Waals surface area contributed by atoms with Crippen molar-refractivity contribution in [2.75, 3.05) is 33.7 Å². The van der Waals surface area contributed by atoms with Crippen molar-refractivity contribution in [3.8, 4) is 0 Å². The Morgan fingerprint density at radius 3 is 2.28 bits per heavy atom. The lowest BCUT2D eigenvalue weighted by atomic mass is 9.97. The molecule has 18 heavy (non-hydrogen) atoms. The van der Waals surface area contributed by atoms with Gasteiger partial charge in [0.05, 0.1) is 0 Å². The van der Waals surface area contributed by atoms with Gasteiger partial charge in [-0.2, -0.15) is 0 Å². The predicted molar refractivity (Wildman–Crippen MR) is 77.9 cm³/mol. The Bertz CT molecular complexity index is 242. The van der Waals surface area contributed by atoms with Crippen LogP contribution in [0.3, 0.4) is 0 Å². The normalized spacial score (nSPS) is 25.0. The molecule has 0 aromatic carbocycles. The molecule has 2 rings (SSSR count). The Balaban J connectivity index is 1.83. The van der Waals surface area contributed by atoms with Crippen LogP contribution in [0.5, 0.6) is 0 Å². The summed E-state index contributed by atoms with van der Waals surface area (Å²) in [4.78, 5) is 5.12. The van der Waals surface area contributed by atoms with E-state index in [2.05, 4.69) is 43.1 Å². The van der Waals surface area contributed by atoms with Crippen LogP contribution in [0.2, 0.25) is 0 Å².